The van der Waals surface area contributed by atoms with Crippen molar-refractivity contribution in [2.24, 2.45) is 0 Å². The zero-order valence-electron chi connectivity index (χ0n) is 21.6. The Morgan fingerprint density at radius 3 is 1.24 bits per heavy atom. The molecule has 0 unspecified atom stereocenters. The van der Waals surface area contributed by atoms with E-state index in [2.05, 4.69) is 6.92 Å². The van der Waals surface area contributed by atoms with Gasteiger partial charge in [-0.2, -0.15) is 8.42 Å². The highest BCUT2D eigenvalue weighted by atomic mass is 32.2. The van der Waals surface area contributed by atoms with Crippen LogP contribution in [0.5, 0.6) is 0 Å². The number of benzene rings is 1. The van der Waals surface area contributed by atoms with Gasteiger partial charge < -0.3 is 6.15 Å². The smallest absolute Gasteiger partial charge is 0.296 e. The molecule has 0 amide bonds. The second kappa shape index (κ2) is 22.9. The van der Waals surface area contributed by atoms with Crippen molar-refractivity contribution < 1.29 is 12.6 Å². The van der Waals surface area contributed by atoms with E-state index in [4.69, 9.17) is 4.18 Å². The number of hydrogen-bond donors (Lipinski definition) is 1. The number of rotatable bonds is 23. The first-order valence-electron chi connectivity index (χ1n) is 13.6. The van der Waals surface area contributed by atoms with Crippen LogP contribution in [0.4, 0.5) is 0 Å². The van der Waals surface area contributed by atoms with Crippen molar-refractivity contribution in [3.63, 3.8) is 0 Å². The average Bonchev–Trinajstić information content (AvgIpc) is 2.80. The van der Waals surface area contributed by atoms with Crippen molar-refractivity contribution in [1.82, 2.24) is 6.15 Å². The van der Waals surface area contributed by atoms with Gasteiger partial charge in [0.1, 0.15) is 0 Å². The molecule has 0 aromatic heterocycles. The molecular weight excluding hydrogens is 430 g/mol. The zero-order valence-corrected chi connectivity index (χ0v) is 22.4. The molecule has 0 saturated heterocycles. The average molecular weight is 484 g/mol. The van der Waals surface area contributed by atoms with Gasteiger partial charge in [-0.15, -0.1) is 0 Å². The van der Waals surface area contributed by atoms with E-state index in [9.17, 15) is 8.42 Å². The Bertz CT molecular complexity index is 619. The van der Waals surface area contributed by atoms with E-state index in [1.807, 2.05) is 0 Å². The van der Waals surface area contributed by atoms with Crippen LogP contribution in [0.2, 0.25) is 0 Å². The lowest BCUT2D eigenvalue weighted by Crippen LogP contribution is -2.07. The molecule has 3 N–H and O–H groups in total. The van der Waals surface area contributed by atoms with Gasteiger partial charge in [0.05, 0.1) is 11.5 Å². The zero-order chi connectivity index (χ0) is 23.2. The fraction of sp³-hybridized carbons (Fsp3) is 0.786. The standard InChI is InChI=1S/C28H50O3S.H3N/c1-2-3-4-5-6-7-8-9-10-11-12-13-14-15-16-17-18-19-20-24-27-31-32(29,30)28-25-22-21-23-26-28;/h21-23,25-26H,2-20,24,27H2,1H3;1H3. The van der Waals surface area contributed by atoms with Gasteiger partial charge in [-0.05, 0) is 18.6 Å². The first-order chi connectivity index (χ1) is 15.7. The van der Waals surface area contributed by atoms with Gasteiger partial charge in [-0.1, -0.05) is 147 Å². The van der Waals surface area contributed by atoms with Gasteiger partial charge in [0, 0.05) is 0 Å². The van der Waals surface area contributed by atoms with Crippen LogP contribution < -0.4 is 6.15 Å². The highest BCUT2D eigenvalue weighted by Crippen LogP contribution is 2.15. The maximum Gasteiger partial charge on any atom is 0.296 e. The molecular formula is C28H53NO3S. The Hall–Kier alpha value is -0.910. The molecule has 0 atom stereocenters. The number of hydrogen-bond acceptors (Lipinski definition) is 4. The summed E-state index contributed by atoms with van der Waals surface area (Å²) < 4.78 is 29.1. The Morgan fingerprint density at radius 1 is 0.545 bits per heavy atom. The van der Waals surface area contributed by atoms with Crippen molar-refractivity contribution in [3.05, 3.63) is 30.3 Å². The lowest BCUT2D eigenvalue weighted by molar-refractivity contribution is 0.306. The van der Waals surface area contributed by atoms with Gasteiger partial charge >= 0.3 is 0 Å². The topological polar surface area (TPSA) is 78.4 Å². The summed E-state index contributed by atoms with van der Waals surface area (Å²) >= 11 is 0. The Balaban J connectivity index is 0.0000102. The summed E-state index contributed by atoms with van der Waals surface area (Å²) in [6.07, 6.45) is 26.8. The molecule has 1 aromatic rings. The van der Waals surface area contributed by atoms with Crippen molar-refractivity contribution in [3.8, 4) is 0 Å². The van der Waals surface area contributed by atoms with Crippen LogP contribution in [-0.4, -0.2) is 15.0 Å². The van der Waals surface area contributed by atoms with E-state index < -0.39 is 10.1 Å². The Kier molecular flexibility index (Phi) is 22.2. The highest BCUT2D eigenvalue weighted by Gasteiger charge is 2.13. The second-order valence-electron chi connectivity index (χ2n) is 9.31. The summed E-state index contributed by atoms with van der Waals surface area (Å²) in [6.45, 7) is 2.57. The first-order valence-corrected chi connectivity index (χ1v) is 15.0. The minimum atomic E-state index is -3.59. The minimum absolute atomic E-state index is 0. The first kappa shape index (κ1) is 32.1. The predicted molar refractivity (Wildman–Crippen MR) is 143 cm³/mol. The molecule has 0 aliphatic heterocycles. The highest BCUT2D eigenvalue weighted by molar-refractivity contribution is 7.86. The third kappa shape index (κ3) is 19.1. The molecule has 33 heavy (non-hydrogen) atoms. The van der Waals surface area contributed by atoms with Crippen LogP contribution >= 0.6 is 0 Å². The van der Waals surface area contributed by atoms with E-state index in [1.54, 1.807) is 30.3 Å². The molecule has 0 heterocycles. The molecule has 0 spiro atoms. The fourth-order valence-electron chi connectivity index (χ4n) is 4.18. The van der Waals surface area contributed by atoms with Crippen LogP contribution in [0.1, 0.15) is 135 Å². The molecule has 0 bridgehead atoms. The van der Waals surface area contributed by atoms with Gasteiger partial charge in [-0.25, -0.2) is 0 Å². The van der Waals surface area contributed by atoms with E-state index in [0.717, 1.165) is 12.8 Å². The molecule has 1 rings (SSSR count). The lowest BCUT2D eigenvalue weighted by Gasteiger charge is -2.06. The largest absolute Gasteiger partial charge is 0.344 e. The predicted octanol–water partition coefficient (Wildman–Crippen LogP) is 9.38. The Labute approximate surface area is 206 Å². The van der Waals surface area contributed by atoms with Crippen LogP contribution in [0, 0.1) is 0 Å². The van der Waals surface area contributed by atoms with Crippen LogP contribution in [0.25, 0.3) is 0 Å². The van der Waals surface area contributed by atoms with Crippen LogP contribution in [0.15, 0.2) is 35.2 Å². The summed E-state index contributed by atoms with van der Waals surface area (Å²) in [6, 6.07) is 8.39. The Morgan fingerprint density at radius 2 is 0.879 bits per heavy atom. The minimum Gasteiger partial charge on any atom is -0.344 e. The molecule has 5 heteroatoms. The molecule has 1 aromatic carbocycles. The molecule has 0 aliphatic rings. The maximum atomic E-state index is 12.0. The van der Waals surface area contributed by atoms with E-state index in [0.29, 0.717) is 0 Å². The van der Waals surface area contributed by atoms with E-state index in [1.165, 1.54) is 116 Å². The van der Waals surface area contributed by atoms with Gasteiger partial charge in [0.15, 0.2) is 0 Å². The van der Waals surface area contributed by atoms with Crippen molar-refractivity contribution >= 4 is 10.1 Å². The van der Waals surface area contributed by atoms with Crippen LogP contribution in [-0.2, 0) is 14.3 Å². The second-order valence-corrected chi connectivity index (χ2v) is 10.9. The fourth-order valence-corrected chi connectivity index (χ4v) is 5.14. The molecule has 4 nitrogen and oxygen atoms in total. The summed E-state index contributed by atoms with van der Waals surface area (Å²) in [5.41, 5.74) is 0. The number of unbranched alkanes of at least 4 members (excludes halogenated alkanes) is 19. The van der Waals surface area contributed by atoms with Crippen LogP contribution in [0.3, 0.4) is 0 Å². The van der Waals surface area contributed by atoms with Gasteiger partial charge in [-0.3, -0.25) is 4.18 Å². The SMILES string of the molecule is CCCCCCCCCCCCCCCCCCCCCCOS(=O)(=O)c1ccccc1.N. The third-order valence-electron chi connectivity index (χ3n) is 6.27. The van der Waals surface area contributed by atoms with E-state index in [-0.39, 0.29) is 17.7 Å². The lowest BCUT2D eigenvalue weighted by atomic mass is 10.0. The van der Waals surface area contributed by atoms with Crippen molar-refractivity contribution in [2.75, 3.05) is 6.61 Å². The molecule has 0 saturated carbocycles. The summed E-state index contributed by atoms with van der Waals surface area (Å²) in [7, 11) is -3.59. The summed E-state index contributed by atoms with van der Waals surface area (Å²) in [4.78, 5) is 0.244. The van der Waals surface area contributed by atoms with Crippen molar-refractivity contribution in [1.29, 1.82) is 0 Å². The maximum absolute atomic E-state index is 12.0. The normalized spacial score (nSPS) is 11.4. The van der Waals surface area contributed by atoms with Gasteiger partial charge in [0.25, 0.3) is 10.1 Å². The third-order valence-corrected chi connectivity index (χ3v) is 7.59. The van der Waals surface area contributed by atoms with E-state index >= 15 is 0 Å². The van der Waals surface area contributed by atoms with Gasteiger partial charge in [0.2, 0.25) is 0 Å². The summed E-state index contributed by atoms with van der Waals surface area (Å²) in [5, 5.41) is 0. The molecule has 0 fully saturated rings. The summed E-state index contributed by atoms with van der Waals surface area (Å²) in [5.74, 6) is 0. The molecule has 0 aliphatic carbocycles. The monoisotopic (exact) mass is 483 g/mol. The quantitative estimate of drug-likeness (QED) is 0.124. The molecule has 194 valence electrons. The van der Waals surface area contributed by atoms with Crippen molar-refractivity contribution in [2.45, 2.75) is 140 Å². The molecule has 0 radical (unpaired) electrons.